The second-order valence-electron chi connectivity index (χ2n) is 7.83. The molecule has 0 bridgehead atoms. The lowest BCUT2D eigenvalue weighted by Gasteiger charge is -2.36. The van der Waals surface area contributed by atoms with Crippen LogP contribution in [0.5, 0.6) is 0 Å². The largest absolute Gasteiger partial charge is 0.368 e. The molecule has 150 valence electrons. The van der Waals surface area contributed by atoms with E-state index in [0.717, 1.165) is 56.0 Å². The van der Waals surface area contributed by atoms with E-state index in [1.807, 2.05) is 72.5 Å². The van der Waals surface area contributed by atoms with Crippen molar-refractivity contribution in [2.45, 2.75) is 19.8 Å². The van der Waals surface area contributed by atoms with E-state index in [0.29, 0.717) is 17.4 Å². The van der Waals surface area contributed by atoms with Crippen LogP contribution in [0.2, 0.25) is 0 Å². The van der Waals surface area contributed by atoms with Gasteiger partial charge in [0.05, 0.1) is 0 Å². The second kappa shape index (κ2) is 8.52. The fourth-order valence-electron chi connectivity index (χ4n) is 3.62. The van der Waals surface area contributed by atoms with Gasteiger partial charge in [-0.15, -0.1) is 0 Å². The molecule has 0 atom stereocenters. The Morgan fingerprint density at radius 3 is 2.21 bits per heavy atom. The third-order valence-corrected chi connectivity index (χ3v) is 5.55. The smallest absolute Gasteiger partial charge is 0.251 e. The van der Waals surface area contributed by atoms with Crippen LogP contribution in [-0.2, 0) is 9.59 Å². The number of rotatable bonds is 5. The normalized spacial score (nSPS) is 17.2. The van der Waals surface area contributed by atoms with Crippen molar-refractivity contribution in [3.63, 3.8) is 0 Å². The van der Waals surface area contributed by atoms with Crippen LogP contribution in [0.1, 0.15) is 25.3 Å². The molecule has 1 saturated heterocycles. The minimum Gasteiger partial charge on any atom is -0.368 e. The average Bonchev–Trinajstić information content (AvgIpc) is 3.60. The molecule has 1 saturated carbocycles. The highest BCUT2D eigenvalue weighted by Gasteiger charge is 2.34. The third-order valence-electron chi connectivity index (χ3n) is 5.55. The number of hydrogen-bond acceptors (Lipinski definition) is 3. The van der Waals surface area contributed by atoms with E-state index >= 15 is 0 Å². The van der Waals surface area contributed by atoms with Crippen molar-refractivity contribution in [1.29, 1.82) is 0 Å². The van der Waals surface area contributed by atoms with Gasteiger partial charge in [0, 0.05) is 49.0 Å². The van der Waals surface area contributed by atoms with Gasteiger partial charge in [-0.1, -0.05) is 30.3 Å². The van der Waals surface area contributed by atoms with Crippen molar-refractivity contribution in [3.8, 4) is 0 Å². The van der Waals surface area contributed by atoms with E-state index in [1.54, 1.807) is 0 Å². The highest BCUT2D eigenvalue weighted by atomic mass is 16.2. The summed E-state index contributed by atoms with van der Waals surface area (Å²) in [6.07, 6.45) is 4.00. The lowest BCUT2D eigenvalue weighted by Crippen LogP contribution is -2.49. The lowest BCUT2D eigenvalue weighted by atomic mass is 10.1. The molecule has 0 unspecified atom stereocenters. The Morgan fingerprint density at radius 1 is 0.931 bits per heavy atom. The summed E-state index contributed by atoms with van der Waals surface area (Å²) in [6.45, 7) is 5.10. The summed E-state index contributed by atoms with van der Waals surface area (Å²) in [7, 11) is 0. The summed E-state index contributed by atoms with van der Waals surface area (Å²) in [5, 5.41) is 2.95. The first kappa shape index (κ1) is 19.2. The zero-order valence-corrected chi connectivity index (χ0v) is 16.8. The Labute approximate surface area is 172 Å². The molecule has 5 heteroatoms. The van der Waals surface area contributed by atoms with E-state index in [2.05, 4.69) is 10.2 Å². The van der Waals surface area contributed by atoms with Crippen LogP contribution in [0.25, 0.3) is 6.08 Å². The maximum absolute atomic E-state index is 12.4. The molecule has 4 rings (SSSR count). The van der Waals surface area contributed by atoms with Gasteiger partial charge in [0.25, 0.3) is 5.91 Å². The summed E-state index contributed by atoms with van der Waals surface area (Å²) in [5.74, 6) is 0.527. The van der Waals surface area contributed by atoms with Crippen molar-refractivity contribution < 1.29 is 9.59 Å². The molecule has 29 heavy (non-hydrogen) atoms. The summed E-state index contributed by atoms with van der Waals surface area (Å²) in [4.78, 5) is 28.9. The fourth-order valence-corrected chi connectivity index (χ4v) is 3.62. The zero-order chi connectivity index (χ0) is 20.2. The highest BCUT2D eigenvalue weighted by Crippen LogP contribution is 2.31. The van der Waals surface area contributed by atoms with Gasteiger partial charge in [-0.05, 0) is 55.7 Å². The standard InChI is InChI=1S/C24H27N3O2/c1-18(17-19-5-3-2-4-6-19)23(28)25-21-9-11-22(12-10-21)26-13-15-27(16-14-26)24(29)20-7-8-20/h2-6,9-12,17,20H,7-8,13-16H2,1H3,(H,25,28)/b18-17+. The van der Waals surface area contributed by atoms with E-state index in [-0.39, 0.29) is 5.91 Å². The van der Waals surface area contributed by atoms with E-state index in [1.165, 1.54) is 0 Å². The van der Waals surface area contributed by atoms with Crippen molar-refractivity contribution in [3.05, 3.63) is 65.7 Å². The maximum Gasteiger partial charge on any atom is 0.251 e. The molecule has 2 amide bonds. The summed E-state index contributed by atoms with van der Waals surface area (Å²) in [6, 6.07) is 17.8. The van der Waals surface area contributed by atoms with Crippen LogP contribution < -0.4 is 10.2 Å². The highest BCUT2D eigenvalue weighted by molar-refractivity contribution is 6.06. The molecule has 0 radical (unpaired) electrons. The number of benzene rings is 2. The third kappa shape index (κ3) is 4.86. The van der Waals surface area contributed by atoms with E-state index in [4.69, 9.17) is 0 Å². The Bertz CT molecular complexity index is 893. The quantitative estimate of drug-likeness (QED) is 0.792. The Morgan fingerprint density at radius 2 is 1.59 bits per heavy atom. The second-order valence-corrected chi connectivity index (χ2v) is 7.83. The van der Waals surface area contributed by atoms with Crippen molar-refractivity contribution in [2.24, 2.45) is 5.92 Å². The molecular weight excluding hydrogens is 362 g/mol. The Hall–Kier alpha value is -3.08. The number of carbonyl (C=O) groups excluding carboxylic acids is 2. The molecule has 1 aliphatic carbocycles. The molecule has 2 aromatic carbocycles. The molecule has 1 N–H and O–H groups in total. The SMILES string of the molecule is C/C(=C\c1ccccc1)C(=O)Nc1ccc(N2CCN(C(=O)C3CC3)CC2)cc1. The van der Waals surface area contributed by atoms with Gasteiger partial charge in [0.2, 0.25) is 5.91 Å². The predicted octanol–water partition coefficient (Wildman–Crippen LogP) is 3.79. The van der Waals surface area contributed by atoms with Gasteiger partial charge in [-0.2, -0.15) is 0 Å². The molecule has 0 aromatic heterocycles. The minimum atomic E-state index is -0.103. The number of anilines is 2. The fraction of sp³-hybridized carbons (Fsp3) is 0.333. The summed E-state index contributed by atoms with van der Waals surface area (Å²) in [5.41, 5.74) is 3.58. The Kier molecular flexibility index (Phi) is 5.65. The van der Waals surface area contributed by atoms with Crippen molar-refractivity contribution in [1.82, 2.24) is 4.90 Å². The van der Waals surface area contributed by atoms with Gasteiger partial charge >= 0.3 is 0 Å². The van der Waals surface area contributed by atoms with Crippen LogP contribution in [0.3, 0.4) is 0 Å². The van der Waals surface area contributed by atoms with Crippen LogP contribution >= 0.6 is 0 Å². The summed E-state index contributed by atoms with van der Waals surface area (Å²) >= 11 is 0. The first-order valence-electron chi connectivity index (χ1n) is 10.3. The van der Waals surface area contributed by atoms with Crippen molar-refractivity contribution >= 4 is 29.3 Å². The first-order valence-corrected chi connectivity index (χ1v) is 10.3. The molecule has 5 nitrogen and oxygen atoms in total. The molecular formula is C24H27N3O2. The maximum atomic E-state index is 12.4. The number of carbonyl (C=O) groups is 2. The number of piperazine rings is 1. The first-order chi connectivity index (χ1) is 14.1. The van der Waals surface area contributed by atoms with Gasteiger partial charge < -0.3 is 15.1 Å². The van der Waals surface area contributed by atoms with E-state index in [9.17, 15) is 9.59 Å². The van der Waals surface area contributed by atoms with Crippen LogP contribution in [-0.4, -0.2) is 42.9 Å². The van der Waals surface area contributed by atoms with Crippen LogP contribution in [0.15, 0.2) is 60.2 Å². The predicted molar refractivity (Wildman–Crippen MR) is 117 cm³/mol. The van der Waals surface area contributed by atoms with E-state index < -0.39 is 0 Å². The van der Waals surface area contributed by atoms with Gasteiger partial charge in [-0.3, -0.25) is 9.59 Å². The Balaban J connectivity index is 1.31. The number of amides is 2. The molecule has 2 aliphatic rings. The molecule has 2 aromatic rings. The number of nitrogens with zero attached hydrogens (tertiary/aromatic N) is 2. The van der Waals surface area contributed by atoms with Crippen molar-refractivity contribution in [2.75, 3.05) is 36.4 Å². The molecule has 0 spiro atoms. The minimum absolute atomic E-state index is 0.103. The topological polar surface area (TPSA) is 52.7 Å². The van der Waals surface area contributed by atoms with Crippen LogP contribution in [0, 0.1) is 5.92 Å². The average molecular weight is 389 g/mol. The molecule has 1 aliphatic heterocycles. The number of hydrogen-bond donors (Lipinski definition) is 1. The summed E-state index contributed by atoms with van der Waals surface area (Å²) < 4.78 is 0. The molecule has 1 heterocycles. The number of nitrogens with one attached hydrogen (secondary N) is 1. The van der Waals surface area contributed by atoms with Gasteiger partial charge in [-0.25, -0.2) is 0 Å². The monoisotopic (exact) mass is 389 g/mol. The van der Waals surface area contributed by atoms with Crippen LogP contribution in [0.4, 0.5) is 11.4 Å². The zero-order valence-electron chi connectivity index (χ0n) is 16.8. The van der Waals surface area contributed by atoms with Gasteiger partial charge in [0.1, 0.15) is 0 Å². The van der Waals surface area contributed by atoms with Gasteiger partial charge in [0.15, 0.2) is 0 Å². The molecule has 2 fully saturated rings. The lowest BCUT2D eigenvalue weighted by molar-refractivity contribution is -0.132.